The van der Waals surface area contributed by atoms with E-state index in [1.807, 2.05) is 18.2 Å². The van der Waals surface area contributed by atoms with Gasteiger partial charge in [-0.15, -0.1) is 0 Å². The highest BCUT2D eigenvalue weighted by Gasteiger charge is 2.37. The lowest BCUT2D eigenvalue weighted by atomic mass is 9.89. The van der Waals surface area contributed by atoms with Crippen molar-refractivity contribution >= 4 is 23.6 Å². The molecule has 4 aromatic rings. The van der Waals surface area contributed by atoms with Crippen molar-refractivity contribution in [1.29, 1.82) is 0 Å². The van der Waals surface area contributed by atoms with Crippen molar-refractivity contribution in [2.45, 2.75) is 51.6 Å². The van der Waals surface area contributed by atoms with Crippen LogP contribution in [0, 0.1) is 6.92 Å². The maximum Gasteiger partial charge on any atom is 0.407 e. The van der Waals surface area contributed by atoms with Crippen LogP contribution < -0.4 is 4.90 Å². The van der Waals surface area contributed by atoms with Gasteiger partial charge in [0.1, 0.15) is 12.3 Å². The summed E-state index contributed by atoms with van der Waals surface area (Å²) in [6.07, 6.45) is -4.89. The number of nitrogens with zero attached hydrogens (tertiary/aromatic N) is 5. The van der Waals surface area contributed by atoms with E-state index in [2.05, 4.69) is 11.0 Å². The van der Waals surface area contributed by atoms with Gasteiger partial charge < -0.3 is 34.2 Å². The van der Waals surface area contributed by atoms with Crippen LogP contribution in [0.1, 0.15) is 48.7 Å². The first kappa shape index (κ1) is 37.0. The van der Waals surface area contributed by atoms with E-state index in [0.29, 0.717) is 56.9 Å². The second-order valence-corrected chi connectivity index (χ2v) is 14.2. The first-order valence-corrected chi connectivity index (χ1v) is 17.9. The normalized spacial score (nSPS) is 17.5. The molecular weight excluding hydrogens is 703 g/mol. The summed E-state index contributed by atoms with van der Waals surface area (Å²) in [6.45, 7) is 3.67. The number of rotatable bonds is 7. The Morgan fingerprint density at radius 3 is 2.28 bits per heavy atom. The molecule has 3 aliphatic rings. The largest absolute Gasteiger partial charge is 0.508 e. The predicted molar refractivity (Wildman–Crippen MR) is 195 cm³/mol. The van der Waals surface area contributed by atoms with Crippen LogP contribution in [0.5, 0.6) is 5.75 Å². The van der Waals surface area contributed by atoms with Crippen molar-refractivity contribution < 1.29 is 42.5 Å². The molecular formula is C40H42F3N5O6. The standard InChI is InChI=1S/C40H42F3N5O6/c1-25-33(37(50)44(2)30-7-9-32(49)10-8-30)20-36(48(25)24-40(41,42)43)34-18-27-11-12-46(39(52)53)21-29(27)19-35(34)38(51)47-22-28-6-4-3-5-26(28)17-31(47)23-45-13-15-54-16-14-45/h3-10,18-20,31,49H,11-17,21-24H2,1-2H3,(H,52,53)/t31-/m0/s1. The number of anilines is 1. The number of alkyl halides is 3. The molecule has 54 heavy (non-hydrogen) atoms. The molecule has 0 unspecified atom stereocenters. The van der Waals surface area contributed by atoms with Crippen molar-refractivity contribution in [3.63, 3.8) is 0 Å². The molecule has 3 aromatic carbocycles. The summed E-state index contributed by atoms with van der Waals surface area (Å²) in [4.78, 5) is 47.7. The maximum absolute atomic E-state index is 15.1. The Morgan fingerprint density at radius 2 is 1.59 bits per heavy atom. The van der Waals surface area contributed by atoms with Crippen LogP contribution in [-0.2, 0) is 37.2 Å². The average molecular weight is 746 g/mol. The first-order chi connectivity index (χ1) is 25.8. The van der Waals surface area contributed by atoms with E-state index in [0.717, 1.165) is 21.3 Å². The topological polar surface area (TPSA) is 119 Å². The van der Waals surface area contributed by atoms with E-state index in [9.17, 15) is 33.0 Å². The SMILES string of the molecule is Cc1c(C(=O)N(C)c2ccc(O)cc2)cc(-c2cc3c(cc2C(=O)N2Cc4ccccc4C[C@H]2CN2CCOCC2)CN(C(=O)O)CC3)n1CC(F)(F)F. The molecule has 1 saturated heterocycles. The molecule has 14 heteroatoms. The Balaban J connectivity index is 1.37. The molecule has 3 aliphatic heterocycles. The highest BCUT2D eigenvalue weighted by Crippen LogP contribution is 2.37. The number of carbonyl (C=O) groups excluding carboxylic acids is 2. The second-order valence-electron chi connectivity index (χ2n) is 14.2. The third-order valence-corrected chi connectivity index (χ3v) is 10.8. The molecule has 2 N–H and O–H groups in total. The summed E-state index contributed by atoms with van der Waals surface area (Å²) >= 11 is 0. The van der Waals surface area contributed by atoms with Crippen molar-refractivity contribution in [3.05, 3.63) is 106 Å². The highest BCUT2D eigenvalue weighted by molar-refractivity contribution is 6.08. The average Bonchev–Trinajstić information content (AvgIpc) is 3.47. The van der Waals surface area contributed by atoms with Gasteiger partial charge in [0, 0.05) is 74.9 Å². The second kappa shape index (κ2) is 14.8. The molecule has 0 saturated carbocycles. The number of benzene rings is 3. The molecule has 4 heterocycles. The van der Waals surface area contributed by atoms with Gasteiger partial charge in [-0.2, -0.15) is 13.2 Å². The van der Waals surface area contributed by atoms with Gasteiger partial charge in [-0.25, -0.2) is 4.79 Å². The number of aromatic nitrogens is 1. The number of phenols is 1. The van der Waals surface area contributed by atoms with Gasteiger partial charge in [-0.3, -0.25) is 14.5 Å². The molecule has 0 bridgehead atoms. The maximum atomic E-state index is 15.1. The van der Waals surface area contributed by atoms with Crippen molar-refractivity contribution in [2.75, 3.05) is 51.3 Å². The van der Waals surface area contributed by atoms with E-state index in [1.54, 1.807) is 17.0 Å². The molecule has 284 valence electrons. The zero-order chi connectivity index (χ0) is 38.3. The number of amides is 3. The lowest BCUT2D eigenvalue weighted by molar-refractivity contribution is -0.140. The number of phenolic OH excluding ortho intramolecular Hbond substituents is 1. The predicted octanol–water partition coefficient (Wildman–Crippen LogP) is 5.94. The molecule has 3 amide bonds. The molecule has 7 rings (SSSR count). The fraction of sp³-hybridized carbons (Fsp3) is 0.375. The minimum Gasteiger partial charge on any atom is -0.508 e. The monoisotopic (exact) mass is 745 g/mol. The molecule has 0 radical (unpaired) electrons. The number of ether oxygens (including phenoxy) is 1. The summed E-state index contributed by atoms with van der Waals surface area (Å²) < 4.78 is 49.7. The Morgan fingerprint density at radius 1 is 0.889 bits per heavy atom. The summed E-state index contributed by atoms with van der Waals surface area (Å²) in [5.41, 5.74) is 4.38. The van der Waals surface area contributed by atoms with E-state index in [4.69, 9.17) is 4.74 Å². The number of hydrogen-bond acceptors (Lipinski definition) is 6. The first-order valence-electron chi connectivity index (χ1n) is 17.9. The zero-order valence-corrected chi connectivity index (χ0v) is 30.1. The van der Waals surface area contributed by atoms with Gasteiger partial charge in [0.05, 0.1) is 24.5 Å². The minimum absolute atomic E-state index is 0.00476. The fourth-order valence-electron chi connectivity index (χ4n) is 7.83. The minimum atomic E-state index is -4.66. The Kier molecular flexibility index (Phi) is 10.2. The smallest absolute Gasteiger partial charge is 0.407 e. The van der Waals surface area contributed by atoms with E-state index in [-0.39, 0.29) is 65.4 Å². The number of morpholine rings is 1. The number of fused-ring (bicyclic) bond motifs is 2. The van der Waals surface area contributed by atoms with Gasteiger partial charge in [0.15, 0.2) is 0 Å². The van der Waals surface area contributed by atoms with Gasteiger partial charge in [0.2, 0.25) is 0 Å². The Hall–Kier alpha value is -5.34. The Labute approximate surface area is 310 Å². The van der Waals surface area contributed by atoms with Gasteiger partial charge in [0.25, 0.3) is 11.8 Å². The number of halogens is 3. The lowest BCUT2D eigenvalue weighted by Crippen LogP contribution is -2.52. The highest BCUT2D eigenvalue weighted by atomic mass is 19.4. The molecule has 0 spiro atoms. The molecule has 11 nitrogen and oxygen atoms in total. The molecule has 1 atom stereocenters. The molecule has 1 fully saturated rings. The van der Waals surface area contributed by atoms with Gasteiger partial charge >= 0.3 is 12.3 Å². The van der Waals surface area contributed by atoms with Crippen LogP contribution in [0.2, 0.25) is 0 Å². The van der Waals surface area contributed by atoms with Crippen LogP contribution in [0.3, 0.4) is 0 Å². The molecule has 0 aliphatic carbocycles. The number of hydrogen-bond donors (Lipinski definition) is 2. The fourth-order valence-corrected chi connectivity index (χ4v) is 7.83. The van der Waals surface area contributed by atoms with Crippen LogP contribution in [0.15, 0.2) is 66.7 Å². The third-order valence-electron chi connectivity index (χ3n) is 10.8. The molecule has 1 aromatic heterocycles. The van der Waals surface area contributed by atoms with Gasteiger partial charge in [-0.1, -0.05) is 24.3 Å². The lowest BCUT2D eigenvalue weighted by Gasteiger charge is -2.41. The van der Waals surface area contributed by atoms with Crippen molar-refractivity contribution in [2.24, 2.45) is 0 Å². The quantitative estimate of drug-likeness (QED) is 0.240. The third kappa shape index (κ3) is 7.53. The van der Waals surface area contributed by atoms with E-state index < -0.39 is 24.7 Å². The van der Waals surface area contributed by atoms with Crippen LogP contribution in [0.25, 0.3) is 11.3 Å². The summed E-state index contributed by atoms with van der Waals surface area (Å²) in [5, 5.41) is 19.6. The van der Waals surface area contributed by atoms with Crippen LogP contribution in [-0.4, -0.2) is 106 Å². The number of aromatic hydroxyl groups is 1. The van der Waals surface area contributed by atoms with E-state index >= 15 is 4.79 Å². The van der Waals surface area contributed by atoms with E-state index in [1.165, 1.54) is 54.1 Å². The van der Waals surface area contributed by atoms with Crippen LogP contribution in [0.4, 0.5) is 23.7 Å². The summed E-state index contributed by atoms with van der Waals surface area (Å²) in [7, 11) is 1.50. The Bertz CT molecular complexity index is 2080. The number of carboxylic acid groups (broad SMARTS) is 1. The van der Waals surface area contributed by atoms with Crippen LogP contribution >= 0.6 is 0 Å². The van der Waals surface area contributed by atoms with Crippen molar-refractivity contribution in [3.8, 4) is 17.0 Å². The zero-order valence-electron chi connectivity index (χ0n) is 30.1. The van der Waals surface area contributed by atoms with Gasteiger partial charge in [-0.05, 0) is 84.5 Å². The summed E-state index contributed by atoms with van der Waals surface area (Å²) in [6, 6.07) is 18.3. The summed E-state index contributed by atoms with van der Waals surface area (Å²) in [5.74, 6) is -0.962. The van der Waals surface area contributed by atoms with Crippen molar-refractivity contribution in [1.82, 2.24) is 19.3 Å². The number of carbonyl (C=O) groups is 3.